The van der Waals surface area contributed by atoms with Crippen molar-refractivity contribution in [3.05, 3.63) is 0 Å². The second-order valence-electron chi connectivity index (χ2n) is 2.38. The summed E-state index contributed by atoms with van der Waals surface area (Å²) < 4.78 is 0. The van der Waals surface area contributed by atoms with Crippen molar-refractivity contribution in [2.24, 2.45) is 0 Å². The summed E-state index contributed by atoms with van der Waals surface area (Å²) in [6, 6.07) is 0.234. The smallest absolute Gasteiger partial charge is 0.219 e. The number of carbonyl (C=O) groups excluding carboxylic acids is 1. The lowest BCUT2D eigenvalue weighted by atomic mass is 10.3. The Bertz CT molecular complexity index is 104. The van der Waals surface area contributed by atoms with E-state index >= 15 is 0 Å². The van der Waals surface area contributed by atoms with Gasteiger partial charge >= 0.3 is 0 Å². The van der Waals surface area contributed by atoms with Gasteiger partial charge in [-0.15, -0.1) is 0 Å². The first kappa shape index (κ1) is 9.43. The Morgan fingerprint density at radius 2 is 2.20 bits per heavy atom. The molecule has 60 valence electrons. The quantitative estimate of drug-likeness (QED) is 0.588. The largest absolute Gasteiger partial charge is 0.352 e. The maximum absolute atomic E-state index is 10.8. The Morgan fingerprint density at radius 1 is 1.60 bits per heavy atom. The van der Waals surface area contributed by atoms with Crippen LogP contribution >= 0.6 is 0 Å². The second-order valence-corrected chi connectivity index (χ2v) is 2.38. The topological polar surface area (TPSA) is 41.1 Å². The fraction of sp³-hybridized carbons (Fsp3) is 0.857. The molecule has 0 saturated heterocycles. The average Bonchev–Trinajstić information content (AvgIpc) is 1.88. The molecule has 0 spiro atoms. The van der Waals surface area contributed by atoms with Crippen LogP contribution in [0.1, 0.15) is 20.3 Å². The molecule has 0 aliphatic heterocycles. The molecule has 0 saturated carbocycles. The molecule has 3 heteroatoms. The third kappa shape index (κ3) is 4.32. The highest BCUT2D eigenvalue weighted by atomic mass is 16.1. The Hall–Kier alpha value is -0.570. The Balaban J connectivity index is 3.37. The van der Waals surface area contributed by atoms with Crippen molar-refractivity contribution in [2.45, 2.75) is 26.3 Å². The standard InChI is InChI=1S/C7H16N2O/c1-4-7(10)9-6(2)5-8-3/h6,8H,4-5H2,1-3H3,(H,9,10)/t6-/m1/s1. The van der Waals surface area contributed by atoms with Crippen LogP contribution in [0, 0.1) is 0 Å². The van der Waals surface area contributed by atoms with Crippen molar-refractivity contribution < 1.29 is 4.79 Å². The predicted octanol–water partition coefficient (Wildman–Crippen LogP) is 0.120. The van der Waals surface area contributed by atoms with Crippen LogP contribution in [0.5, 0.6) is 0 Å². The molecule has 3 nitrogen and oxygen atoms in total. The minimum Gasteiger partial charge on any atom is -0.352 e. The highest BCUT2D eigenvalue weighted by molar-refractivity contribution is 5.75. The van der Waals surface area contributed by atoms with Gasteiger partial charge in [0, 0.05) is 19.0 Å². The fourth-order valence-electron chi connectivity index (χ4n) is 0.734. The Morgan fingerprint density at radius 3 is 2.60 bits per heavy atom. The molecule has 1 amide bonds. The van der Waals surface area contributed by atoms with Gasteiger partial charge in [-0.25, -0.2) is 0 Å². The van der Waals surface area contributed by atoms with Gasteiger partial charge in [0.25, 0.3) is 0 Å². The first-order valence-corrected chi connectivity index (χ1v) is 3.64. The molecule has 0 aromatic heterocycles. The van der Waals surface area contributed by atoms with Crippen LogP contribution in [0.2, 0.25) is 0 Å². The molecule has 0 unspecified atom stereocenters. The molecule has 0 aliphatic rings. The summed E-state index contributed by atoms with van der Waals surface area (Å²) in [4.78, 5) is 10.8. The van der Waals surface area contributed by atoms with Crippen molar-refractivity contribution in [2.75, 3.05) is 13.6 Å². The SMILES string of the molecule is CCC(=O)N[C@H](C)CNC. The molecular formula is C7H16N2O. The van der Waals surface area contributed by atoms with Crippen LogP contribution in [0.4, 0.5) is 0 Å². The molecular weight excluding hydrogens is 128 g/mol. The lowest BCUT2D eigenvalue weighted by molar-refractivity contribution is -0.121. The van der Waals surface area contributed by atoms with E-state index in [1.165, 1.54) is 0 Å². The van der Waals surface area contributed by atoms with Crippen molar-refractivity contribution in [3.8, 4) is 0 Å². The first-order valence-electron chi connectivity index (χ1n) is 3.64. The number of amides is 1. The molecule has 10 heavy (non-hydrogen) atoms. The van der Waals surface area contributed by atoms with Gasteiger partial charge in [0.2, 0.25) is 5.91 Å². The van der Waals surface area contributed by atoms with Gasteiger partial charge in [-0.2, -0.15) is 0 Å². The van der Waals surface area contributed by atoms with E-state index in [1.54, 1.807) is 0 Å². The Labute approximate surface area is 62.2 Å². The van der Waals surface area contributed by atoms with E-state index in [1.807, 2.05) is 20.9 Å². The molecule has 0 radical (unpaired) electrons. The zero-order chi connectivity index (χ0) is 7.98. The normalized spacial score (nSPS) is 12.7. The molecule has 1 atom stereocenters. The first-order chi connectivity index (χ1) is 4.70. The fourth-order valence-corrected chi connectivity index (χ4v) is 0.734. The summed E-state index contributed by atoms with van der Waals surface area (Å²) in [6.07, 6.45) is 0.564. The lowest BCUT2D eigenvalue weighted by Crippen LogP contribution is -2.38. The van der Waals surface area contributed by atoms with Gasteiger partial charge in [0.1, 0.15) is 0 Å². The molecule has 0 rings (SSSR count). The molecule has 2 N–H and O–H groups in total. The van der Waals surface area contributed by atoms with Crippen molar-refractivity contribution in [1.82, 2.24) is 10.6 Å². The van der Waals surface area contributed by atoms with E-state index in [0.717, 1.165) is 6.54 Å². The molecule has 0 aromatic rings. The number of hydrogen-bond acceptors (Lipinski definition) is 2. The predicted molar refractivity (Wildman–Crippen MR) is 41.8 cm³/mol. The Kier molecular flexibility index (Phi) is 4.94. The number of rotatable bonds is 4. The number of likely N-dealkylation sites (N-methyl/N-ethyl adjacent to an activating group) is 1. The second kappa shape index (κ2) is 5.23. The number of nitrogens with one attached hydrogen (secondary N) is 2. The monoisotopic (exact) mass is 144 g/mol. The van der Waals surface area contributed by atoms with E-state index in [9.17, 15) is 4.79 Å². The maximum atomic E-state index is 10.8. The van der Waals surface area contributed by atoms with Gasteiger partial charge in [0.15, 0.2) is 0 Å². The van der Waals surface area contributed by atoms with Crippen LogP contribution in [0.15, 0.2) is 0 Å². The highest BCUT2D eigenvalue weighted by Gasteiger charge is 2.01. The molecule has 0 bridgehead atoms. The third-order valence-corrected chi connectivity index (χ3v) is 1.24. The summed E-state index contributed by atoms with van der Waals surface area (Å²) in [5.41, 5.74) is 0. The van der Waals surface area contributed by atoms with Crippen LogP contribution in [0.25, 0.3) is 0 Å². The zero-order valence-corrected chi connectivity index (χ0v) is 6.90. The van der Waals surface area contributed by atoms with Crippen molar-refractivity contribution in [1.29, 1.82) is 0 Å². The summed E-state index contributed by atoms with van der Waals surface area (Å²) in [6.45, 7) is 4.65. The van der Waals surface area contributed by atoms with Gasteiger partial charge in [-0.05, 0) is 14.0 Å². The van der Waals surface area contributed by atoms with Crippen LogP contribution in [0.3, 0.4) is 0 Å². The van der Waals surface area contributed by atoms with Crippen molar-refractivity contribution in [3.63, 3.8) is 0 Å². The minimum absolute atomic E-state index is 0.114. The summed E-state index contributed by atoms with van der Waals surface area (Å²) in [7, 11) is 1.87. The van der Waals surface area contributed by atoms with Gasteiger partial charge in [0.05, 0.1) is 0 Å². The van der Waals surface area contributed by atoms with E-state index in [4.69, 9.17) is 0 Å². The van der Waals surface area contributed by atoms with Gasteiger partial charge in [-0.1, -0.05) is 6.92 Å². The minimum atomic E-state index is 0.114. The molecule has 0 aromatic carbocycles. The van der Waals surface area contributed by atoms with Gasteiger partial charge in [-0.3, -0.25) is 4.79 Å². The molecule has 0 heterocycles. The van der Waals surface area contributed by atoms with Crippen LogP contribution < -0.4 is 10.6 Å². The number of hydrogen-bond donors (Lipinski definition) is 2. The summed E-state index contributed by atoms with van der Waals surface area (Å²) in [5, 5.41) is 5.81. The number of carbonyl (C=O) groups is 1. The summed E-state index contributed by atoms with van der Waals surface area (Å²) >= 11 is 0. The van der Waals surface area contributed by atoms with Crippen molar-refractivity contribution >= 4 is 5.91 Å². The van der Waals surface area contributed by atoms with Crippen LogP contribution in [-0.2, 0) is 4.79 Å². The molecule has 0 aliphatic carbocycles. The average molecular weight is 144 g/mol. The maximum Gasteiger partial charge on any atom is 0.219 e. The third-order valence-electron chi connectivity index (χ3n) is 1.24. The van der Waals surface area contributed by atoms with E-state index in [0.29, 0.717) is 6.42 Å². The zero-order valence-electron chi connectivity index (χ0n) is 6.90. The van der Waals surface area contributed by atoms with E-state index < -0.39 is 0 Å². The highest BCUT2D eigenvalue weighted by Crippen LogP contribution is 1.80. The lowest BCUT2D eigenvalue weighted by Gasteiger charge is -2.11. The summed E-state index contributed by atoms with van der Waals surface area (Å²) in [5.74, 6) is 0.114. The van der Waals surface area contributed by atoms with Gasteiger partial charge < -0.3 is 10.6 Å². The van der Waals surface area contributed by atoms with E-state index in [2.05, 4.69) is 10.6 Å². The van der Waals surface area contributed by atoms with Crippen LogP contribution in [-0.4, -0.2) is 25.5 Å². The molecule has 0 fully saturated rings. The van der Waals surface area contributed by atoms with E-state index in [-0.39, 0.29) is 11.9 Å².